The van der Waals surface area contributed by atoms with E-state index in [0.29, 0.717) is 18.9 Å². The molecule has 1 aromatic carbocycles. The molecule has 2 heterocycles. The van der Waals surface area contributed by atoms with Crippen molar-refractivity contribution < 1.29 is 24.3 Å². The predicted octanol–water partition coefficient (Wildman–Crippen LogP) is -0.239. The number of likely N-dealkylation sites (tertiary alicyclic amines) is 1. The Morgan fingerprint density at radius 1 is 1.29 bits per heavy atom. The smallest absolute Gasteiger partial charge is 0.255 e. The number of quaternary nitrogens is 1. The Labute approximate surface area is 142 Å². The summed E-state index contributed by atoms with van der Waals surface area (Å²) < 4.78 is 11.6. The van der Waals surface area contributed by atoms with Crippen LogP contribution in [0.15, 0.2) is 24.3 Å². The molecule has 1 aromatic rings. The fourth-order valence-electron chi connectivity index (χ4n) is 3.32. The third kappa shape index (κ3) is 4.19. The summed E-state index contributed by atoms with van der Waals surface area (Å²) in [6, 6.07) is 7.26. The number of fused-ring (bicyclic) bond motifs is 1. The van der Waals surface area contributed by atoms with E-state index >= 15 is 0 Å². The quantitative estimate of drug-likeness (QED) is 0.695. The van der Waals surface area contributed by atoms with Gasteiger partial charge in [0.2, 0.25) is 0 Å². The van der Waals surface area contributed by atoms with Gasteiger partial charge in [-0.05, 0) is 38.3 Å². The number of nitrogens with one attached hydrogen (secondary N) is 2. The third-order valence-electron chi connectivity index (χ3n) is 4.80. The van der Waals surface area contributed by atoms with E-state index in [1.807, 2.05) is 31.2 Å². The number of ether oxygens (including phenoxy) is 2. The zero-order chi connectivity index (χ0) is 16.9. The molecule has 6 heteroatoms. The van der Waals surface area contributed by atoms with Crippen molar-refractivity contribution in [1.82, 2.24) is 5.32 Å². The van der Waals surface area contributed by atoms with Gasteiger partial charge in [-0.1, -0.05) is 12.1 Å². The molecule has 1 fully saturated rings. The maximum absolute atomic E-state index is 12.2. The van der Waals surface area contributed by atoms with Crippen LogP contribution in [0.3, 0.4) is 0 Å². The zero-order valence-corrected chi connectivity index (χ0v) is 14.2. The molecule has 0 bridgehead atoms. The Bertz CT molecular complexity index is 560. The zero-order valence-electron chi connectivity index (χ0n) is 14.2. The van der Waals surface area contributed by atoms with Gasteiger partial charge in [0.25, 0.3) is 5.91 Å². The van der Waals surface area contributed by atoms with E-state index < -0.39 is 6.10 Å². The highest BCUT2D eigenvalue weighted by Gasteiger charge is 2.30. The van der Waals surface area contributed by atoms with Gasteiger partial charge in [-0.25, -0.2) is 0 Å². The molecule has 0 unspecified atom stereocenters. The van der Waals surface area contributed by atoms with Gasteiger partial charge < -0.3 is 24.8 Å². The molecule has 2 aliphatic heterocycles. The molecular weight excluding hydrogens is 308 g/mol. The molecule has 132 valence electrons. The highest BCUT2D eigenvalue weighted by molar-refractivity contribution is 5.80. The van der Waals surface area contributed by atoms with Gasteiger partial charge in [0.05, 0.1) is 19.1 Å². The summed E-state index contributed by atoms with van der Waals surface area (Å²) in [6.07, 6.45) is 2.36. The summed E-state index contributed by atoms with van der Waals surface area (Å²) in [6.45, 7) is 4.81. The number of carbonyl (C=O) groups is 1. The predicted molar refractivity (Wildman–Crippen MR) is 89.4 cm³/mol. The topological polar surface area (TPSA) is 72.2 Å². The van der Waals surface area contributed by atoms with Crippen molar-refractivity contribution in [3.05, 3.63) is 24.3 Å². The Morgan fingerprint density at radius 3 is 2.75 bits per heavy atom. The van der Waals surface area contributed by atoms with Gasteiger partial charge in [-0.15, -0.1) is 0 Å². The van der Waals surface area contributed by atoms with Crippen molar-refractivity contribution in [2.45, 2.75) is 44.4 Å². The average Bonchev–Trinajstić information content (AvgIpc) is 2.62. The van der Waals surface area contributed by atoms with Crippen LogP contribution in [0.5, 0.6) is 11.5 Å². The van der Waals surface area contributed by atoms with E-state index in [2.05, 4.69) is 5.32 Å². The first kappa shape index (κ1) is 17.0. The number of aliphatic hydroxyl groups is 1. The van der Waals surface area contributed by atoms with Crippen LogP contribution in [-0.4, -0.2) is 55.5 Å². The lowest BCUT2D eigenvalue weighted by Gasteiger charge is -2.31. The van der Waals surface area contributed by atoms with Crippen LogP contribution < -0.4 is 19.7 Å². The number of rotatable bonds is 5. The molecule has 2 aliphatic rings. The molecule has 0 radical (unpaired) electrons. The number of piperidine rings is 1. The van der Waals surface area contributed by atoms with Crippen LogP contribution in [0.1, 0.15) is 26.2 Å². The lowest BCUT2D eigenvalue weighted by molar-refractivity contribution is -0.906. The molecule has 1 amide bonds. The molecule has 6 nitrogen and oxygen atoms in total. The van der Waals surface area contributed by atoms with Crippen molar-refractivity contribution in [1.29, 1.82) is 0 Å². The van der Waals surface area contributed by atoms with Gasteiger partial charge in [0.15, 0.2) is 23.7 Å². The number of aliphatic hydroxyl groups excluding tert-OH is 1. The minimum Gasteiger partial charge on any atom is -0.486 e. The molecule has 0 aliphatic carbocycles. The molecule has 3 atom stereocenters. The Morgan fingerprint density at radius 2 is 2.00 bits per heavy atom. The molecule has 3 rings (SSSR count). The lowest BCUT2D eigenvalue weighted by atomic mass is 10.1. The molecule has 0 saturated carbocycles. The monoisotopic (exact) mass is 335 g/mol. The standard InChI is InChI=1S/C18H26N2O4/c1-13(17-12-23-15-7-3-4-8-16(15)24-17)19-18(22)14(21)11-20-9-5-2-6-10-20/h3-4,7-8,13-14,17,21H,2,5-6,9-12H2,1H3,(H,19,22)/p+1/t13-,14+,17-/m0/s1. The number of hydrogen-bond donors (Lipinski definition) is 3. The second-order valence-corrected chi connectivity index (χ2v) is 6.74. The van der Waals surface area contributed by atoms with Crippen molar-refractivity contribution in [2.24, 2.45) is 0 Å². The molecule has 0 spiro atoms. The third-order valence-corrected chi connectivity index (χ3v) is 4.80. The fraction of sp³-hybridized carbons (Fsp3) is 0.611. The summed E-state index contributed by atoms with van der Waals surface area (Å²) in [7, 11) is 0. The Kier molecular flexibility index (Phi) is 5.58. The number of benzene rings is 1. The summed E-state index contributed by atoms with van der Waals surface area (Å²) in [5.41, 5.74) is 0. The SMILES string of the molecule is C[C@H](NC(=O)[C@H](O)C[NH+]1CCCCC1)[C@@H]1COc2ccccc2O1. The van der Waals surface area contributed by atoms with Crippen LogP contribution in [0.25, 0.3) is 0 Å². The van der Waals surface area contributed by atoms with Gasteiger partial charge in [0, 0.05) is 0 Å². The van der Waals surface area contributed by atoms with Crippen LogP contribution >= 0.6 is 0 Å². The number of carbonyl (C=O) groups excluding carboxylic acids is 1. The highest BCUT2D eigenvalue weighted by atomic mass is 16.6. The van der Waals surface area contributed by atoms with Crippen molar-refractivity contribution in [3.63, 3.8) is 0 Å². The maximum atomic E-state index is 12.2. The van der Waals surface area contributed by atoms with E-state index in [1.165, 1.54) is 24.2 Å². The van der Waals surface area contributed by atoms with E-state index in [-0.39, 0.29) is 18.1 Å². The largest absolute Gasteiger partial charge is 0.486 e. The van der Waals surface area contributed by atoms with Crippen LogP contribution in [0.2, 0.25) is 0 Å². The summed E-state index contributed by atoms with van der Waals surface area (Å²) in [5.74, 6) is 1.08. The van der Waals surface area contributed by atoms with Crippen LogP contribution in [-0.2, 0) is 4.79 Å². The van der Waals surface area contributed by atoms with Gasteiger partial charge in [0.1, 0.15) is 13.2 Å². The summed E-state index contributed by atoms with van der Waals surface area (Å²) >= 11 is 0. The minimum absolute atomic E-state index is 0.239. The summed E-state index contributed by atoms with van der Waals surface area (Å²) in [5, 5.41) is 13.0. The molecule has 0 aromatic heterocycles. The second kappa shape index (κ2) is 7.85. The van der Waals surface area contributed by atoms with Crippen molar-refractivity contribution >= 4 is 5.91 Å². The van der Waals surface area contributed by atoms with Crippen LogP contribution in [0, 0.1) is 0 Å². The van der Waals surface area contributed by atoms with Gasteiger partial charge >= 0.3 is 0 Å². The average molecular weight is 335 g/mol. The molecule has 24 heavy (non-hydrogen) atoms. The summed E-state index contributed by atoms with van der Waals surface area (Å²) in [4.78, 5) is 13.6. The lowest BCUT2D eigenvalue weighted by Crippen LogP contribution is -3.14. The first-order chi connectivity index (χ1) is 11.6. The highest BCUT2D eigenvalue weighted by Crippen LogP contribution is 2.31. The van der Waals surface area contributed by atoms with E-state index in [1.54, 1.807) is 0 Å². The first-order valence-corrected chi connectivity index (χ1v) is 8.84. The van der Waals surface area contributed by atoms with Gasteiger partial charge in [-0.3, -0.25) is 4.79 Å². The first-order valence-electron chi connectivity index (χ1n) is 8.84. The fourth-order valence-corrected chi connectivity index (χ4v) is 3.32. The molecule has 1 saturated heterocycles. The second-order valence-electron chi connectivity index (χ2n) is 6.74. The number of hydrogen-bond acceptors (Lipinski definition) is 4. The maximum Gasteiger partial charge on any atom is 0.255 e. The Balaban J connectivity index is 1.49. The van der Waals surface area contributed by atoms with Gasteiger partial charge in [-0.2, -0.15) is 0 Å². The minimum atomic E-state index is -0.975. The number of para-hydroxylation sites is 2. The van der Waals surface area contributed by atoms with Crippen molar-refractivity contribution in [3.8, 4) is 11.5 Å². The molecule has 3 N–H and O–H groups in total. The normalized spacial score (nSPS) is 23.3. The van der Waals surface area contributed by atoms with E-state index in [9.17, 15) is 9.90 Å². The van der Waals surface area contributed by atoms with E-state index in [0.717, 1.165) is 18.8 Å². The van der Waals surface area contributed by atoms with Crippen LogP contribution in [0.4, 0.5) is 0 Å². The van der Waals surface area contributed by atoms with Crippen molar-refractivity contribution in [2.75, 3.05) is 26.2 Å². The Hall–Kier alpha value is -1.79. The van der Waals surface area contributed by atoms with E-state index in [4.69, 9.17) is 9.47 Å². The number of amides is 1. The molecular formula is C18H27N2O4+.